The molecule has 0 radical (unpaired) electrons. The van der Waals surface area contributed by atoms with Crippen molar-refractivity contribution in [2.45, 2.75) is 0 Å². The zero-order chi connectivity index (χ0) is 15.4. The van der Waals surface area contributed by atoms with Crippen LogP contribution < -0.4 is 4.74 Å². The Morgan fingerprint density at radius 2 is 1.86 bits per heavy atom. The number of hydrogen-bond acceptors (Lipinski definition) is 2. The van der Waals surface area contributed by atoms with Crippen LogP contribution in [0, 0.1) is 0 Å². The van der Waals surface area contributed by atoms with E-state index in [-0.39, 0.29) is 0 Å². The van der Waals surface area contributed by atoms with Crippen LogP contribution in [0.1, 0.15) is 11.4 Å². The van der Waals surface area contributed by atoms with Crippen LogP contribution in [0.5, 0.6) is 5.75 Å². The summed E-state index contributed by atoms with van der Waals surface area (Å²) in [5.74, 6) is 2.22. The highest BCUT2D eigenvalue weighted by molar-refractivity contribution is 6.18. The third-order valence-corrected chi connectivity index (χ3v) is 3.64. The summed E-state index contributed by atoms with van der Waals surface area (Å²) in [6.45, 7) is 0.499. The molecule has 2 aromatic carbocycles. The van der Waals surface area contributed by atoms with Crippen molar-refractivity contribution in [2.24, 2.45) is 7.05 Å². The van der Waals surface area contributed by atoms with Crippen molar-refractivity contribution in [3.05, 3.63) is 59.9 Å². The van der Waals surface area contributed by atoms with Gasteiger partial charge in [0.25, 0.3) is 0 Å². The van der Waals surface area contributed by atoms with Crippen LogP contribution in [0.15, 0.2) is 48.5 Å². The van der Waals surface area contributed by atoms with E-state index in [0.717, 1.165) is 28.2 Å². The number of aryl methyl sites for hydroxylation is 1. The van der Waals surface area contributed by atoms with Gasteiger partial charge in [-0.05, 0) is 30.4 Å². The van der Waals surface area contributed by atoms with Crippen LogP contribution >= 0.6 is 11.6 Å². The van der Waals surface area contributed by atoms with Crippen molar-refractivity contribution in [3.63, 3.8) is 0 Å². The van der Waals surface area contributed by atoms with E-state index in [2.05, 4.69) is 15.6 Å². The molecule has 0 aliphatic heterocycles. The van der Waals surface area contributed by atoms with Gasteiger partial charge in [-0.2, -0.15) is 0 Å². The van der Waals surface area contributed by atoms with Gasteiger partial charge in [-0.3, -0.25) is 0 Å². The SMILES string of the molecule is Cn1c(/C=C/c2ccccc2OCCCl)nc2ccccc21. The summed E-state index contributed by atoms with van der Waals surface area (Å²) in [7, 11) is 2.02. The molecule has 0 atom stereocenters. The largest absolute Gasteiger partial charge is 0.492 e. The molecule has 0 unspecified atom stereocenters. The summed E-state index contributed by atoms with van der Waals surface area (Å²) in [4.78, 5) is 4.63. The van der Waals surface area contributed by atoms with Gasteiger partial charge in [0.15, 0.2) is 0 Å². The van der Waals surface area contributed by atoms with Gasteiger partial charge in [0, 0.05) is 12.6 Å². The Morgan fingerprint density at radius 1 is 1.09 bits per heavy atom. The fourth-order valence-electron chi connectivity index (χ4n) is 2.38. The summed E-state index contributed by atoms with van der Waals surface area (Å²) >= 11 is 5.69. The predicted molar refractivity (Wildman–Crippen MR) is 92.3 cm³/mol. The summed E-state index contributed by atoms with van der Waals surface area (Å²) in [5.41, 5.74) is 3.13. The Morgan fingerprint density at radius 3 is 2.68 bits per heavy atom. The molecule has 4 heteroatoms. The normalized spacial score (nSPS) is 11.4. The average Bonchev–Trinajstić information content (AvgIpc) is 2.88. The molecule has 0 aliphatic carbocycles. The van der Waals surface area contributed by atoms with E-state index in [1.54, 1.807) is 0 Å². The van der Waals surface area contributed by atoms with Crippen LogP contribution in [-0.2, 0) is 7.05 Å². The standard InChI is InChI=1S/C18H17ClN2O/c1-21-16-8-4-3-7-15(16)20-18(21)11-10-14-6-2-5-9-17(14)22-13-12-19/h2-11H,12-13H2,1H3/b11-10+. The second-order valence-electron chi connectivity index (χ2n) is 4.93. The van der Waals surface area contributed by atoms with E-state index in [9.17, 15) is 0 Å². The minimum atomic E-state index is 0.475. The zero-order valence-corrected chi connectivity index (χ0v) is 13.1. The van der Waals surface area contributed by atoms with Crippen LogP contribution in [0.2, 0.25) is 0 Å². The molecule has 0 bridgehead atoms. The lowest BCUT2D eigenvalue weighted by molar-refractivity contribution is 0.342. The summed E-state index contributed by atoms with van der Waals surface area (Å²) in [6.07, 6.45) is 4.02. The van der Waals surface area contributed by atoms with Crippen molar-refractivity contribution in [3.8, 4) is 5.75 Å². The maximum atomic E-state index is 5.69. The number of halogens is 1. The van der Waals surface area contributed by atoms with E-state index in [1.807, 2.05) is 61.7 Å². The molecule has 3 nitrogen and oxygen atoms in total. The molecule has 112 valence electrons. The molecular weight excluding hydrogens is 296 g/mol. The lowest BCUT2D eigenvalue weighted by atomic mass is 10.2. The smallest absolute Gasteiger partial charge is 0.133 e. The van der Waals surface area contributed by atoms with Gasteiger partial charge < -0.3 is 9.30 Å². The lowest BCUT2D eigenvalue weighted by Gasteiger charge is -2.07. The van der Waals surface area contributed by atoms with E-state index < -0.39 is 0 Å². The average molecular weight is 313 g/mol. The summed E-state index contributed by atoms with van der Waals surface area (Å²) in [5, 5.41) is 0. The fraction of sp³-hybridized carbons (Fsp3) is 0.167. The van der Waals surface area contributed by atoms with Crippen molar-refractivity contribution in [1.29, 1.82) is 0 Å². The Balaban J connectivity index is 1.91. The first-order valence-electron chi connectivity index (χ1n) is 7.17. The van der Waals surface area contributed by atoms with Gasteiger partial charge in [0.05, 0.1) is 16.9 Å². The number of rotatable bonds is 5. The topological polar surface area (TPSA) is 27.1 Å². The highest BCUT2D eigenvalue weighted by atomic mass is 35.5. The summed E-state index contributed by atoms with van der Waals surface area (Å²) < 4.78 is 7.73. The van der Waals surface area contributed by atoms with Crippen molar-refractivity contribution in [1.82, 2.24) is 9.55 Å². The number of imidazole rings is 1. The minimum Gasteiger partial charge on any atom is -0.492 e. The van der Waals surface area contributed by atoms with Crippen LogP contribution in [0.4, 0.5) is 0 Å². The predicted octanol–water partition coefficient (Wildman–Crippen LogP) is 4.36. The number of nitrogens with zero attached hydrogens (tertiary/aromatic N) is 2. The number of fused-ring (bicyclic) bond motifs is 1. The Hall–Kier alpha value is -2.26. The van der Waals surface area contributed by atoms with E-state index in [0.29, 0.717) is 12.5 Å². The summed E-state index contributed by atoms with van der Waals surface area (Å²) in [6, 6.07) is 16.0. The van der Waals surface area contributed by atoms with Gasteiger partial charge in [-0.25, -0.2) is 4.98 Å². The zero-order valence-electron chi connectivity index (χ0n) is 12.4. The Labute approximate surface area is 134 Å². The molecule has 1 aromatic heterocycles. The maximum absolute atomic E-state index is 5.69. The molecule has 0 saturated heterocycles. The number of para-hydroxylation sites is 3. The molecule has 0 fully saturated rings. The molecule has 1 heterocycles. The van der Waals surface area contributed by atoms with Gasteiger partial charge in [-0.1, -0.05) is 30.3 Å². The molecule has 0 N–H and O–H groups in total. The molecule has 0 aliphatic rings. The highest BCUT2D eigenvalue weighted by Crippen LogP contribution is 2.21. The van der Waals surface area contributed by atoms with Gasteiger partial charge in [0.2, 0.25) is 0 Å². The number of alkyl halides is 1. The van der Waals surface area contributed by atoms with Gasteiger partial charge >= 0.3 is 0 Å². The van der Waals surface area contributed by atoms with Crippen LogP contribution in [0.3, 0.4) is 0 Å². The maximum Gasteiger partial charge on any atom is 0.133 e. The van der Waals surface area contributed by atoms with Crippen LogP contribution in [-0.4, -0.2) is 22.0 Å². The molecular formula is C18H17ClN2O. The molecule has 3 aromatic rings. The van der Waals surface area contributed by atoms with Crippen molar-refractivity contribution >= 4 is 34.8 Å². The second-order valence-corrected chi connectivity index (χ2v) is 5.30. The number of aromatic nitrogens is 2. The first-order valence-corrected chi connectivity index (χ1v) is 7.70. The van der Waals surface area contributed by atoms with Gasteiger partial charge in [-0.15, -0.1) is 11.6 Å². The highest BCUT2D eigenvalue weighted by Gasteiger charge is 2.04. The Bertz CT molecular complexity index is 808. The van der Waals surface area contributed by atoms with Crippen molar-refractivity contribution in [2.75, 3.05) is 12.5 Å². The fourth-order valence-corrected chi connectivity index (χ4v) is 2.45. The molecule has 0 spiro atoms. The molecule has 0 amide bonds. The van der Waals surface area contributed by atoms with Crippen LogP contribution in [0.25, 0.3) is 23.2 Å². The molecule has 22 heavy (non-hydrogen) atoms. The third kappa shape index (κ3) is 3.00. The third-order valence-electron chi connectivity index (χ3n) is 3.49. The van der Waals surface area contributed by atoms with E-state index in [4.69, 9.17) is 16.3 Å². The first-order chi connectivity index (χ1) is 10.8. The first kappa shape index (κ1) is 14.7. The number of hydrogen-bond donors (Lipinski definition) is 0. The van der Waals surface area contributed by atoms with Crippen molar-refractivity contribution < 1.29 is 4.74 Å². The number of ether oxygens (including phenoxy) is 1. The van der Waals surface area contributed by atoms with E-state index in [1.165, 1.54) is 0 Å². The minimum absolute atomic E-state index is 0.475. The number of benzene rings is 2. The molecule has 3 rings (SSSR count). The monoisotopic (exact) mass is 312 g/mol. The Kier molecular flexibility index (Phi) is 4.45. The quantitative estimate of drug-likeness (QED) is 0.654. The van der Waals surface area contributed by atoms with Gasteiger partial charge in [0.1, 0.15) is 18.2 Å². The lowest BCUT2D eigenvalue weighted by Crippen LogP contribution is -1.99. The second kappa shape index (κ2) is 6.67. The molecule has 0 saturated carbocycles. The van der Waals surface area contributed by atoms with E-state index >= 15 is 0 Å².